The molecule has 0 N–H and O–H groups in total. The van der Waals surface area contributed by atoms with Gasteiger partial charge in [-0.25, -0.2) is 0 Å². The minimum atomic E-state index is 0.320. The van der Waals surface area contributed by atoms with Gasteiger partial charge in [0.25, 0.3) is 0 Å². The topological polar surface area (TPSA) is 27.7 Å². The van der Waals surface area contributed by atoms with E-state index in [2.05, 4.69) is 130 Å². The molecule has 0 aliphatic heterocycles. The SMILES string of the molecule is COc1c(C(C)CB(CC(C)c2ccc3ccccc3c2OC)CC(C)c2ccc3ccccc3c2OC)ccc2ccccc12. The van der Waals surface area contributed by atoms with Gasteiger partial charge in [-0.1, -0.05) is 149 Å². The summed E-state index contributed by atoms with van der Waals surface area (Å²) >= 11 is 0. The predicted octanol–water partition coefficient (Wildman–Crippen LogP) is 11.4. The van der Waals surface area contributed by atoms with Gasteiger partial charge in [0, 0.05) is 16.2 Å². The molecule has 0 aliphatic carbocycles. The summed E-state index contributed by atoms with van der Waals surface area (Å²) in [4.78, 5) is 0. The van der Waals surface area contributed by atoms with E-state index in [1.807, 2.05) is 0 Å². The lowest BCUT2D eigenvalue weighted by Crippen LogP contribution is -2.21. The highest BCUT2D eigenvalue weighted by Crippen LogP contribution is 2.43. The summed E-state index contributed by atoms with van der Waals surface area (Å²) in [5, 5.41) is 7.15. The minimum absolute atomic E-state index is 0.320. The van der Waals surface area contributed by atoms with Gasteiger partial charge in [0.2, 0.25) is 0 Å². The van der Waals surface area contributed by atoms with Gasteiger partial charge in [-0.05, 0) is 50.6 Å². The first kappa shape index (κ1) is 31.5. The van der Waals surface area contributed by atoms with E-state index < -0.39 is 0 Å². The molecule has 4 heteroatoms. The van der Waals surface area contributed by atoms with Gasteiger partial charge >= 0.3 is 0 Å². The third kappa shape index (κ3) is 6.18. The first-order valence-corrected chi connectivity index (χ1v) is 16.6. The van der Waals surface area contributed by atoms with Crippen molar-refractivity contribution in [1.82, 2.24) is 0 Å². The fourth-order valence-electron chi connectivity index (χ4n) is 7.80. The summed E-state index contributed by atoms with van der Waals surface area (Å²) in [5.74, 6) is 3.95. The van der Waals surface area contributed by atoms with Crippen LogP contribution in [0.3, 0.4) is 0 Å². The Morgan fingerprint density at radius 3 is 0.978 bits per heavy atom. The van der Waals surface area contributed by atoms with Crippen LogP contribution in [-0.4, -0.2) is 28.0 Å². The summed E-state index contributed by atoms with van der Waals surface area (Å²) in [6.07, 6.45) is 3.15. The average Bonchev–Trinajstić information content (AvgIpc) is 3.09. The van der Waals surface area contributed by atoms with E-state index in [9.17, 15) is 0 Å². The molecule has 0 saturated heterocycles. The summed E-state index contributed by atoms with van der Waals surface area (Å²) < 4.78 is 18.2. The molecule has 46 heavy (non-hydrogen) atoms. The summed E-state index contributed by atoms with van der Waals surface area (Å²) in [6, 6.07) is 39.1. The molecule has 0 bridgehead atoms. The molecule has 6 aromatic carbocycles. The predicted molar refractivity (Wildman–Crippen MR) is 197 cm³/mol. The van der Waals surface area contributed by atoms with E-state index in [0.29, 0.717) is 24.5 Å². The van der Waals surface area contributed by atoms with Gasteiger partial charge < -0.3 is 14.2 Å². The van der Waals surface area contributed by atoms with Crippen LogP contribution in [0.5, 0.6) is 17.2 Å². The Hall–Kier alpha value is -4.44. The Balaban J connectivity index is 1.35. The number of methoxy groups -OCH3 is 3. The zero-order valence-electron chi connectivity index (χ0n) is 28.0. The fraction of sp³-hybridized carbons (Fsp3) is 0.286. The molecule has 0 aromatic heterocycles. The van der Waals surface area contributed by atoms with Crippen molar-refractivity contribution in [2.75, 3.05) is 21.3 Å². The van der Waals surface area contributed by atoms with Gasteiger partial charge in [-0.15, -0.1) is 0 Å². The zero-order valence-corrected chi connectivity index (χ0v) is 28.0. The lowest BCUT2D eigenvalue weighted by atomic mass is 9.37. The first-order valence-electron chi connectivity index (χ1n) is 16.6. The van der Waals surface area contributed by atoms with Gasteiger partial charge in [0.1, 0.15) is 24.0 Å². The maximum Gasteiger partial charge on any atom is 0.141 e. The van der Waals surface area contributed by atoms with Crippen LogP contribution >= 0.6 is 0 Å². The van der Waals surface area contributed by atoms with Crippen LogP contribution < -0.4 is 14.2 Å². The third-order valence-corrected chi connectivity index (χ3v) is 10.00. The van der Waals surface area contributed by atoms with Crippen molar-refractivity contribution in [2.45, 2.75) is 57.5 Å². The normalized spacial score (nSPS) is 13.4. The summed E-state index contributed by atoms with van der Waals surface area (Å²) in [6.45, 7) is 7.54. The van der Waals surface area contributed by atoms with Gasteiger partial charge in [-0.2, -0.15) is 0 Å². The maximum absolute atomic E-state index is 6.07. The van der Waals surface area contributed by atoms with Crippen molar-refractivity contribution in [3.8, 4) is 17.2 Å². The second kappa shape index (κ2) is 13.9. The lowest BCUT2D eigenvalue weighted by Gasteiger charge is -2.27. The molecule has 0 spiro atoms. The van der Waals surface area contributed by atoms with Crippen molar-refractivity contribution in [1.29, 1.82) is 0 Å². The van der Waals surface area contributed by atoms with Crippen molar-refractivity contribution in [2.24, 2.45) is 0 Å². The molecule has 0 saturated carbocycles. The van der Waals surface area contributed by atoms with Gasteiger partial charge in [-0.3, -0.25) is 0 Å². The number of benzene rings is 6. The fourth-order valence-corrected chi connectivity index (χ4v) is 7.80. The Bertz CT molecular complexity index is 1740. The van der Waals surface area contributed by atoms with Crippen molar-refractivity contribution in [3.63, 3.8) is 0 Å². The molecule has 3 atom stereocenters. The zero-order chi connectivity index (χ0) is 32.2. The van der Waals surface area contributed by atoms with E-state index in [1.54, 1.807) is 21.3 Å². The average molecular weight is 609 g/mol. The molecule has 0 aliphatic rings. The Morgan fingerprint density at radius 2 is 0.696 bits per heavy atom. The lowest BCUT2D eigenvalue weighted by molar-refractivity contribution is 0.412. The van der Waals surface area contributed by atoms with Gasteiger partial charge in [0.05, 0.1) is 21.3 Å². The van der Waals surface area contributed by atoms with Crippen molar-refractivity contribution in [3.05, 3.63) is 126 Å². The molecule has 3 unspecified atom stereocenters. The second-order valence-corrected chi connectivity index (χ2v) is 13.0. The van der Waals surface area contributed by atoms with Crippen LogP contribution in [0.25, 0.3) is 32.3 Å². The quantitative estimate of drug-likeness (QED) is 0.129. The Labute approximate surface area is 274 Å². The van der Waals surface area contributed by atoms with Gasteiger partial charge in [0.15, 0.2) is 0 Å². The monoisotopic (exact) mass is 608 g/mol. The highest BCUT2D eigenvalue weighted by Gasteiger charge is 2.28. The maximum atomic E-state index is 6.07. The smallest absolute Gasteiger partial charge is 0.141 e. The third-order valence-electron chi connectivity index (χ3n) is 10.00. The number of ether oxygens (including phenoxy) is 3. The van der Waals surface area contributed by atoms with Crippen LogP contribution in [0, 0.1) is 0 Å². The molecule has 0 heterocycles. The number of hydrogen-bond donors (Lipinski definition) is 0. The molecular formula is C42H45BO3. The van der Waals surface area contributed by atoms with Crippen molar-refractivity contribution >= 4 is 39.0 Å². The molecule has 6 aromatic rings. The van der Waals surface area contributed by atoms with Crippen LogP contribution in [0.15, 0.2) is 109 Å². The van der Waals surface area contributed by atoms with E-state index in [0.717, 1.165) is 36.2 Å². The highest BCUT2D eigenvalue weighted by atomic mass is 16.5. The van der Waals surface area contributed by atoms with E-state index in [-0.39, 0.29) is 0 Å². The molecule has 234 valence electrons. The van der Waals surface area contributed by atoms with Crippen LogP contribution in [0.4, 0.5) is 0 Å². The summed E-state index contributed by atoms with van der Waals surface area (Å²) in [7, 11) is 5.41. The van der Waals surface area contributed by atoms with Crippen molar-refractivity contribution < 1.29 is 14.2 Å². The first-order chi connectivity index (χ1) is 22.4. The molecule has 3 nitrogen and oxygen atoms in total. The molecule has 0 amide bonds. The molecule has 6 rings (SSSR count). The largest absolute Gasteiger partial charge is 0.496 e. The molecular weight excluding hydrogens is 563 g/mol. The second-order valence-electron chi connectivity index (χ2n) is 13.0. The highest BCUT2D eigenvalue weighted by molar-refractivity contribution is 6.59. The standard InChI is InChI=1S/C42H45BO3/c1-28(34-22-19-31-13-7-10-16-37(31)40(34)44-4)25-43(26-29(2)35-23-20-32-14-8-11-17-38(32)41(35)45-5)27-30(3)36-24-21-33-15-9-12-18-39(33)42(36)46-6/h7-24,28-30H,25-27H2,1-6H3. The van der Waals surface area contributed by atoms with E-state index in [4.69, 9.17) is 14.2 Å². The number of hydrogen-bond acceptors (Lipinski definition) is 3. The van der Waals surface area contributed by atoms with E-state index >= 15 is 0 Å². The minimum Gasteiger partial charge on any atom is -0.496 e. The van der Waals surface area contributed by atoms with E-state index in [1.165, 1.54) is 49.0 Å². The Morgan fingerprint density at radius 1 is 0.413 bits per heavy atom. The summed E-state index contributed by atoms with van der Waals surface area (Å²) in [5.41, 5.74) is 3.83. The number of rotatable bonds is 12. The number of fused-ring (bicyclic) bond motifs is 3. The van der Waals surface area contributed by atoms with Crippen LogP contribution in [0.2, 0.25) is 19.0 Å². The molecule has 0 radical (unpaired) electrons. The van der Waals surface area contributed by atoms with Crippen LogP contribution in [0.1, 0.15) is 55.2 Å². The van der Waals surface area contributed by atoms with Crippen LogP contribution in [-0.2, 0) is 0 Å². The Kier molecular flexibility index (Phi) is 9.54. The molecule has 0 fully saturated rings.